The second kappa shape index (κ2) is 9.28. The number of hydrogen-bond donors (Lipinski definition) is 1. The molecule has 6 heteroatoms. The summed E-state index contributed by atoms with van der Waals surface area (Å²) in [5.74, 6) is -0.981. The number of benzene rings is 1. The van der Waals surface area contributed by atoms with Crippen molar-refractivity contribution >= 4 is 16.0 Å². The van der Waals surface area contributed by atoms with Crippen LogP contribution in [0.15, 0.2) is 47.9 Å². The van der Waals surface area contributed by atoms with Gasteiger partial charge in [0.05, 0.1) is 4.90 Å². The van der Waals surface area contributed by atoms with Gasteiger partial charge in [-0.05, 0) is 18.6 Å². The van der Waals surface area contributed by atoms with Crippen LogP contribution in [0.5, 0.6) is 0 Å². The van der Waals surface area contributed by atoms with Gasteiger partial charge in [-0.2, -0.15) is 0 Å². The Morgan fingerprint density at radius 3 is 2.25 bits per heavy atom. The van der Waals surface area contributed by atoms with Gasteiger partial charge in [0, 0.05) is 19.7 Å². The zero-order valence-corrected chi connectivity index (χ0v) is 12.6. The van der Waals surface area contributed by atoms with Crippen LogP contribution in [0.1, 0.15) is 19.8 Å². The van der Waals surface area contributed by atoms with Crippen LogP contribution in [0, 0.1) is 0 Å². The van der Waals surface area contributed by atoms with Crippen molar-refractivity contribution in [1.29, 1.82) is 0 Å². The summed E-state index contributed by atoms with van der Waals surface area (Å²) >= 11 is 0. The van der Waals surface area contributed by atoms with Crippen molar-refractivity contribution in [3.05, 3.63) is 43.0 Å². The maximum atomic E-state index is 12.0. The first-order valence-corrected chi connectivity index (χ1v) is 7.67. The van der Waals surface area contributed by atoms with Crippen LogP contribution in [0.3, 0.4) is 0 Å². The molecule has 0 aromatic heterocycles. The highest BCUT2D eigenvalue weighted by Gasteiger charge is 2.19. The number of unbranched alkanes of at least 4 members (excludes halogenated alkanes) is 1. The maximum Gasteiger partial charge on any atom is 0.327 e. The molecule has 20 heavy (non-hydrogen) atoms. The lowest BCUT2D eigenvalue weighted by molar-refractivity contribution is -0.131. The van der Waals surface area contributed by atoms with Crippen molar-refractivity contribution in [3.63, 3.8) is 0 Å². The summed E-state index contributed by atoms with van der Waals surface area (Å²) in [6, 6.07) is 8.53. The molecule has 0 saturated carbocycles. The Balaban J connectivity index is 0.000000621. The monoisotopic (exact) mass is 299 g/mol. The zero-order chi connectivity index (χ0) is 15.6. The van der Waals surface area contributed by atoms with Gasteiger partial charge in [-0.25, -0.2) is 17.5 Å². The number of carboxylic acid groups (broad SMARTS) is 1. The smallest absolute Gasteiger partial charge is 0.327 e. The minimum atomic E-state index is -3.28. The summed E-state index contributed by atoms with van der Waals surface area (Å²) in [5.41, 5.74) is 0. The Morgan fingerprint density at radius 2 is 1.85 bits per heavy atom. The number of carboxylic acids is 1. The van der Waals surface area contributed by atoms with Gasteiger partial charge < -0.3 is 5.11 Å². The Kier molecular flexibility index (Phi) is 8.51. The van der Waals surface area contributed by atoms with E-state index in [1.807, 2.05) is 13.0 Å². The fourth-order valence-corrected chi connectivity index (χ4v) is 2.50. The van der Waals surface area contributed by atoms with E-state index in [0.717, 1.165) is 18.9 Å². The number of rotatable bonds is 6. The predicted molar refractivity (Wildman–Crippen MR) is 79.0 cm³/mol. The molecule has 1 aromatic carbocycles. The molecule has 1 N–H and O–H groups in total. The lowest BCUT2D eigenvalue weighted by Gasteiger charge is -2.16. The first-order chi connectivity index (χ1) is 9.36. The molecule has 112 valence electrons. The van der Waals surface area contributed by atoms with Crippen LogP contribution < -0.4 is 0 Å². The number of sulfonamides is 1. The lowest BCUT2D eigenvalue weighted by atomic mass is 10.3. The van der Waals surface area contributed by atoms with E-state index in [2.05, 4.69) is 6.58 Å². The average molecular weight is 299 g/mol. The van der Waals surface area contributed by atoms with Gasteiger partial charge in [-0.15, -0.1) is 0 Å². The third-order valence-electron chi connectivity index (χ3n) is 2.45. The highest BCUT2D eigenvalue weighted by Crippen LogP contribution is 2.13. The molecule has 1 aromatic rings. The number of nitrogens with zero attached hydrogens (tertiary/aromatic N) is 1. The van der Waals surface area contributed by atoms with E-state index in [1.165, 1.54) is 4.31 Å². The number of aliphatic carboxylic acids is 1. The van der Waals surface area contributed by atoms with Gasteiger partial charge in [0.15, 0.2) is 0 Å². The van der Waals surface area contributed by atoms with Gasteiger partial charge >= 0.3 is 5.97 Å². The highest BCUT2D eigenvalue weighted by atomic mass is 32.2. The molecule has 0 atom stereocenters. The first-order valence-electron chi connectivity index (χ1n) is 6.23. The molecule has 0 fully saturated rings. The van der Waals surface area contributed by atoms with E-state index in [1.54, 1.807) is 31.3 Å². The molecule has 1 rings (SSSR count). The van der Waals surface area contributed by atoms with E-state index in [4.69, 9.17) is 5.11 Å². The molecule has 0 saturated heterocycles. The van der Waals surface area contributed by atoms with Crippen molar-refractivity contribution in [1.82, 2.24) is 4.31 Å². The van der Waals surface area contributed by atoms with E-state index in [9.17, 15) is 13.2 Å². The Labute approximate surface area is 120 Å². The topological polar surface area (TPSA) is 74.7 Å². The van der Waals surface area contributed by atoms with Gasteiger partial charge in [0.1, 0.15) is 0 Å². The maximum absolute atomic E-state index is 12.0. The van der Waals surface area contributed by atoms with Gasteiger partial charge in [0.25, 0.3) is 0 Å². The van der Waals surface area contributed by atoms with Gasteiger partial charge in [-0.3, -0.25) is 0 Å². The third kappa shape index (κ3) is 6.49. The van der Waals surface area contributed by atoms with Crippen LogP contribution in [-0.4, -0.2) is 37.4 Å². The molecule has 0 aliphatic heterocycles. The summed E-state index contributed by atoms with van der Waals surface area (Å²) in [6.07, 6.45) is 2.72. The fourth-order valence-electron chi connectivity index (χ4n) is 1.27. The lowest BCUT2D eigenvalue weighted by Crippen LogP contribution is -2.27. The van der Waals surface area contributed by atoms with Crippen LogP contribution in [0.4, 0.5) is 0 Å². The minimum Gasteiger partial charge on any atom is -0.478 e. The molecule has 0 heterocycles. The van der Waals surface area contributed by atoms with Crippen LogP contribution in [-0.2, 0) is 14.8 Å². The SMILES string of the molecule is C=CC(=O)O.CCCCN(C)S(=O)(=O)c1ccccc1. The molecule has 0 aliphatic rings. The van der Waals surface area contributed by atoms with Crippen LogP contribution in [0.25, 0.3) is 0 Å². The molecular weight excluding hydrogens is 278 g/mol. The van der Waals surface area contributed by atoms with E-state index < -0.39 is 16.0 Å². The van der Waals surface area contributed by atoms with Crippen molar-refractivity contribution in [2.75, 3.05) is 13.6 Å². The van der Waals surface area contributed by atoms with Crippen molar-refractivity contribution < 1.29 is 18.3 Å². The summed E-state index contributed by atoms with van der Waals surface area (Å²) in [4.78, 5) is 9.61. The largest absolute Gasteiger partial charge is 0.478 e. The Bertz CT molecular complexity index is 511. The second-order valence-corrected chi connectivity index (χ2v) is 6.08. The number of hydrogen-bond acceptors (Lipinski definition) is 3. The summed E-state index contributed by atoms with van der Waals surface area (Å²) < 4.78 is 25.3. The summed E-state index contributed by atoms with van der Waals surface area (Å²) in [5, 5.41) is 7.60. The van der Waals surface area contributed by atoms with Crippen molar-refractivity contribution in [2.24, 2.45) is 0 Å². The van der Waals surface area contributed by atoms with Crippen molar-refractivity contribution in [3.8, 4) is 0 Å². The molecule has 0 amide bonds. The van der Waals surface area contributed by atoms with Crippen LogP contribution >= 0.6 is 0 Å². The molecular formula is C14H21NO4S. The molecule has 0 bridgehead atoms. The standard InChI is InChI=1S/C11H17NO2S.C3H4O2/c1-3-4-10-12(2)15(13,14)11-8-6-5-7-9-11;1-2-3(4)5/h5-9H,3-4,10H2,1-2H3;2H,1H2,(H,4,5). The summed E-state index contributed by atoms with van der Waals surface area (Å²) in [7, 11) is -1.65. The molecule has 0 radical (unpaired) electrons. The Morgan fingerprint density at radius 1 is 1.35 bits per heavy atom. The van der Waals surface area contributed by atoms with E-state index in [-0.39, 0.29) is 0 Å². The Hall–Kier alpha value is -1.66. The molecule has 0 unspecified atom stereocenters. The minimum absolute atomic E-state index is 0.364. The normalized spacial score (nSPS) is 10.6. The summed E-state index contributed by atoms with van der Waals surface area (Å²) in [6.45, 7) is 5.58. The average Bonchev–Trinajstić information content (AvgIpc) is 2.46. The molecule has 0 spiro atoms. The molecule has 5 nitrogen and oxygen atoms in total. The fraction of sp³-hybridized carbons (Fsp3) is 0.357. The zero-order valence-electron chi connectivity index (χ0n) is 11.8. The second-order valence-electron chi connectivity index (χ2n) is 4.04. The van der Waals surface area contributed by atoms with Gasteiger partial charge in [-0.1, -0.05) is 38.1 Å². The van der Waals surface area contributed by atoms with E-state index in [0.29, 0.717) is 11.4 Å². The predicted octanol–water partition coefficient (Wildman–Crippen LogP) is 2.36. The van der Waals surface area contributed by atoms with Crippen molar-refractivity contribution in [2.45, 2.75) is 24.7 Å². The highest BCUT2D eigenvalue weighted by molar-refractivity contribution is 7.89. The molecule has 0 aliphatic carbocycles. The van der Waals surface area contributed by atoms with Gasteiger partial charge in [0.2, 0.25) is 10.0 Å². The third-order valence-corrected chi connectivity index (χ3v) is 4.32. The van der Waals surface area contributed by atoms with E-state index >= 15 is 0 Å². The quantitative estimate of drug-likeness (QED) is 0.818. The van der Waals surface area contributed by atoms with Crippen LogP contribution in [0.2, 0.25) is 0 Å². The first kappa shape index (κ1) is 18.3. The number of carbonyl (C=O) groups is 1.